The molecule has 0 heterocycles. The third kappa shape index (κ3) is 4.91. The Morgan fingerprint density at radius 1 is 0.963 bits per heavy atom. The third-order valence-electron chi connectivity index (χ3n) is 7.20. The van der Waals surface area contributed by atoms with E-state index in [0.29, 0.717) is 23.7 Å². The van der Waals surface area contributed by atoms with E-state index in [0.717, 1.165) is 18.8 Å². The molecule has 27 heavy (non-hydrogen) atoms. The van der Waals surface area contributed by atoms with Crippen molar-refractivity contribution in [3.8, 4) is 0 Å². The zero-order valence-electron chi connectivity index (χ0n) is 17.7. The van der Waals surface area contributed by atoms with Crippen molar-refractivity contribution in [2.75, 3.05) is 0 Å². The lowest BCUT2D eigenvalue weighted by Crippen LogP contribution is -2.42. The molecule has 0 aliphatic heterocycles. The predicted molar refractivity (Wildman–Crippen MR) is 103 cm³/mol. The van der Waals surface area contributed by atoms with Crippen molar-refractivity contribution < 1.29 is 23.9 Å². The zero-order chi connectivity index (χ0) is 20.4. The number of fused-ring (bicyclic) bond motifs is 2. The fourth-order valence-corrected chi connectivity index (χ4v) is 5.76. The highest BCUT2D eigenvalue weighted by molar-refractivity contribution is 5.82. The van der Waals surface area contributed by atoms with Gasteiger partial charge in [-0.1, -0.05) is 27.7 Å². The SMILES string of the molecule is CC(=O)OC(C)=O.CCC1(OC(=O)C2C(C)CC(C)C2C)CC2CCC1C2. The quantitative estimate of drug-likeness (QED) is 0.532. The fraction of sp³-hybridized carbons (Fsp3) is 0.864. The molecule has 5 nitrogen and oxygen atoms in total. The Bertz CT molecular complexity index is 559. The molecule has 0 aromatic rings. The molecule has 0 amide bonds. The fourth-order valence-electron chi connectivity index (χ4n) is 5.76. The van der Waals surface area contributed by atoms with Gasteiger partial charge in [0.05, 0.1) is 5.92 Å². The van der Waals surface area contributed by atoms with Gasteiger partial charge in [-0.3, -0.25) is 14.4 Å². The predicted octanol–water partition coefficient (Wildman–Crippen LogP) is 4.52. The van der Waals surface area contributed by atoms with Gasteiger partial charge in [-0.25, -0.2) is 0 Å². The van der Waals surface area contributed by atoms with Crippen molar-refractivity contribution in [1.29, 1.82) is 0 Å². The van der Waals surface area contributed by atoms with Crippen LogP contribution in [0.2, 0.25) is 0 Å². The number of hydrogen-bond acceptors (Lipinski definition) is 5. The van der Waals surface area contributed by atoms with E-state index in [4.69, 9.17) is 4.74 Å². The van der Waals surface area contributed by atoms with Crippen LogP contribution >= 0.6 is 0 Å². The standard InChI is InChI=1S/C18H30O2.C4H6O3/c1-5-18(10-14-6-7-15(18)9-14)20-17(19)16-12(3)8-11(2)13(16)4;1-3(5)7-4(2)6/h11-16H,5-10H2,1-4H3;1-2H3. The van der Waals surface area contributed by atoms with Gasteiger partial charge in [-0.05, 0) is 68.1 Å². The molecule has 7 atom stereocenters. The van der Waals surface area contributed by atoms with Crippen LogP contribution in [0.3, 0.4) is 0 Å². The first kappa shape index (κ1) is 21.9. The van der Waals surface area contributed by atoms with Gasteiger partial charge in [0.2, 0.25) is 0 Å². The Labute approximate surface area is 163 Å². The second kappa shape index (κ2) is 8.74. The normalized spacial score (nSPS) is 39.5. The maximum Gasteiger partial charge on any atom is 0.310 e. The van der Waals surface area contributed by atoms with Crippen molar-refractivity contribution in [2.24, 2.45) is 35.5 Å². The summed E-state index contributed by atoms with van der Waals surface area (Å²) in [7, 11) is 0. The van der Waals surface area contributed by atoms with Crippen LogP contribution in [0.1, 0.15) is 80.1 Å². The second-order valence-electron chi connectivity index (χ2n) is 9.08. The summed E-state index contributed by atoms with van der Waals surface area (Å²) in [6, 6.07) is 0. The molecule has 0 aromatic carbocycles. The number of carbonyl (C=O) groups is 3. The monoisotopic (exact) mass is 380 g/mol. The van der Waals surface area contributed by atoms with Gasteiger partial charge >= 0.3 is 17.9 Å². The van der Waals surface area contributed by atoms with Crippen molar-refractivity contribution in [3.05, 3.63) is 0 Å². The van der Waals surface area contributed by atoms with E-state index < -0.39 is 11.9 Å². The Kier molecular flexibility index (Phi) is 7.09. The summed E-state index contributed by atoms with van der Waals surface area (Å²) in [4.78, 5) is 32.4. The van der Waals surface area contributed by atoms with E-state index in [1.54, 1.807) is 0 Å². The van der Waals surface area contributed by atoms with Crippen molar-refractivity contribution in [2.45, 2.75) is 85.7 Å². The van der Waals surface area contributed by atoms with Crippen molar-refractivity contribution in [3.63, 3.8) is 0 Å². The summed E-state index contributed by atoms with van der Waals surface area (Å²) in [6.45, 7) is 11.3. The highest BCUT2D eigenvalue weighted by Gasteiger charge is 2.54. The summed E-state index contributed by atoms with van der Waals surface area (Å²) in [5.74, 6) is 2.21. The topological polar surface area (TPSA) is 69.7 Å². The molecule has 0 radical (unpaired) electrons. The summed E-state index contributed by atoms with van der Waals surface area (Å²) in [5.41, 5.74) is -0.106. The molecule has 0 N–H and O–H groups in total. The molecule has 0 saturated heterocycles. The van der Waals surface area contributed by atoms with Crippen molar-refractivity contribution >= 4 is 17.9 Å². The van der Waals surface area contributed by atoms with Crippen LogP contribution in [0.15, 0.2) is 0 Å². The maximum absolute atomic E-state index is 12.8. The Morgan fingerprint density at radius 3 is 1.93 bits per heavy atom. The number of esters is 3. The first-order chi connectivity index (χ1) is 12.6. The van der Waals surface area contributed by atoms with Crippen LogP contribution in [0.4, 0.5) is 0 Å². The molecule has 7 unspecified atom stereocenters. The zero-order valence-corrected chi connectivity index (χ0v) is 17.7. The molecule has 0 spiro atoms. The molecule has 3 aliphatic rings. The van der Waals surface area contributed by atoms with Gasteiger partial charge in [-0.2, -0.15) is 0 Å². The minimum atomic E-state index is -0.562. The molecule has 3 aliphatic carbocycles. The largest absolute Gasteiger partial charge is 0.459 e. The van der Waals surface area contributed by atoms with E-state index in [2.05, 4.69) is 32.4 Å². The van der Waals surface area contributed by atoms with Crippen LogP contribution in [-0.4, -0.2) is 23.5 Å². The summed E-state index contributed by atoms with van der Waals surface area (Å²) in [6.07, 6.45) is 7.24. The second-order valence-corrected chi connectivity index (χ2v) is 9.08. The lowest BCUT2D eigenvalue weighted by Gasteiger charge is -2.38. The molecule has 3 fully saturated rings. The lowest BCUT2D eigenvalue weighted by atomic mass is 9.81. The van der Waals surface area contributed by atoms with Crippen LogP contribution in [-0.2, 0) is 23.9 Å². The first-order valence-electron chi connectivity index (χ1n) is 10.5. The highest BCUT2D eigenvalue weighted by Crippen LogP contribution is 2.55. The van der Waals surface area contributed by atoms with Gasteiger partial charge in [-0.15, -0.1) is 0 Å². The maximum atomic E-state index is 12.8. The number of rotatable bonds is 3. The molecule has 5 heteroatoms. The Hall–Kier alpha value is -1.39. The minimum absolute atomic E-state index is 0.106. The van der Waals surface area contributed by atoms with E-state index in [1.807, 2.05) is 0 Å². The molecule has 154 valence electrons. The van der Waals surface area contributed by atoms with E-state index >= 15 is 0 Å². The number of ether oxygens (including phenoxy) is 2. The van der Waals surface area contributed by atoms with Gasteiger partial charge in [0.15, 0.2) is 0 Å². The average molecular weight is 381 g/mol. The van der Waals surface area contributed by atoms with Gasteiger partial charge in [0, 0.05) is 13.8 Å². The molecule has 2 bridgehead atoms. The molecule has 3 rings (SSSR count). The Morgan fingerprint density at radius 2 is 1.59 bits per heavy atom. The van der Waals surface area contributed by atoms with Crippen LogP contribution in [0, 0.1) is 35.5 Å². The van der Waals surface area contributed by atoms with Crippen LogP contribution < -0.4 is 0 Å². The van der Waals surface area contributed by atoms with Crippen LogP contribution in [0.5, 0.6) is 0 Å². The van der Waals surface area contributed by atoms with E-state index in [9.17, 15) is 14.4 Å². The molecule has 0 aromatic heterocycles. The smallest absolute Gasteiger partial charge is 0.310 e. The van der Waals surface area contributed by atoms with E-state index in [1.165, 1.54) is 39.5 Å². The summed E-state index contributed by atoms with van der Waals surface area (Å²) in [5, 5.41) is 0. The van der Waals surface area contributed by atoms with E-state index in [-0.39, 0.29) is 17.5 Å². The first-order valence-corrected chi connectivity index (χ1v) is 10.5. The van der Waals surface area contributed by atoms with Gasteiger partial charge in [0.1, 0.15) is 5.60 Å². The van der Waals surface area contributed by atoms with Crippen molar-refractivity contribution in [1.82, 2.24) is 0 Å². The molecule has 3 saturated carbocycles. The highest BCUT2D eigenvalue weighted by atomic mass is 16.6. The minimum Gasteiger partial charge on any atom is -0.459 e. The summed E-state index contributed by atoms with van der Waals surface area (Å²) >= 11 is 0. The van der Waals surface area contributed by atoms with Gasteiger partial charge in [0.25, 0.3) is 0 Å². The Balaban J connectivity index is 0.000000321. The molecular weight excluding hydrogens is 344 g/mol. The number of carbonyl (C=O) groups excluding carboxylic acids is 3. The summed E-state index contributed by atoms with van der Waals surface area (Å²) < 4.78 is 10.2. The van der Waals surface area contributed by atoms with Gasteiger partial charge < -0.3 is 9.47 Å². The number of hydrogen-bond donors (Lipinski definition) is 0. The molecular formula is C22H36O5. The third-order valence-corrected chi connectivity index (χ3v) is 7.20. The van der Waals surface area contributed by atoms with Crippen LogP contribution in [0.25, 0.3) is 0 Å². The average Bonchev–Trinajstić information content (AvgIpc) is 3.21. The lowest BCUT2D eigenvalue weighted by molar-refractivity contribution is -0.174.